The molecule has 0 radical (unpaired) electrons. The summed E-state index contributed by atoms with van der Waals surface area (Å²) in [7, 11) is 0. The van der Waals surface area contributed by atoms with E-state index in [1.807, 2.05) is 36.5 Å². The molecule has 0 bridgehead atoms. The predicted octanol–water partition coefficient (Wildman–Crippen LogP) is 2.39. The summed E-state index contributed by atoms with van der Waals surface area (Å²) >= 11 is 0. The first-order valence-corrected chi connectivity index (χ1v) is 5.00. The van der Waals surface area contributed by atoms with E-state index in [4.69, 9.17) is 0 Å². The van der Waals surface area contributed by atoms with Gasteiger partial charge in [-0.2, -0.15) is 0 Å². The van der Waals surface area contributed by atoms with Crippen molar-refractivity contribution in [1.82, 2.24) is 20.0 Å². The molecule has 0 aliphatic heterocycles. The van der Waals surface area contributed by atoms with Gasteiger partial charge in [-0.15, -0.1) is 5.10 Å². The van der Waals surface area contributed by atoms with Crippen LogP contribution in [-0.2, 0) is 0 Å². The molecule has 4 heteroatoms. The molecule has 0 unspecified atom stereocenters. The summed E-state index contributed by atoms with van der Waals surface area (Å²) in [6.07, 6.45) is 3.65. The fraction of sp³-hybridized carbons (Fsp3) is 0. The van der Waals surface area contributed by atoms with E-state index in [1.165, 1.54) is 0 Å². The maximum absolute atomic E-state index is 4.13. The zero-order valence-electron chi connectivity index (χ0n) is 8.59. The van der Waals surface area contributed by atoms with Crippen LogP contribution in [0.15, 0.2) is 43.1 Å². The lowest BCUT2D eigenvalue weighted by Crippen LogP contribution is -1.93. The molecule has 0 spiro atoms. The monoisotopic (exact) mass is 210 g/mol. The highest BCUT2D eigenvalue weighted by atomic mass is 15.4. The summed E-state index contributed by atoms with van der Waals surface area (Å²) in [5, 5.41) is 8.23. The summed E-state index contributed by atoms with van der Waals surface area (Å²) in [4.78, 5) is 3.10. The van der Waals surface area contributed by atoms with Crippen LogP contribution < -0.4 is 0 Å². The molecule has 4 nitrogen and oxygen atoms in total. The van der Waals surface area contributed by atoms with Crippen LogP contribution in [0, 0.1) is 0 Å². The third-order valence-corrected chi connectivity index (χ3v) is 2.51. The third-order valence-electron chi connectivity index (χ3n) is 2.51. The molecule has 2 aromatic heterocycles. The van der Waals surface area contributed by atoms with Gasteiger partial charge >= 0.3 is 0 Å². The number of H-pyrrole nitrogens is 1. The van der Waals surface area contributed by atoms with E-state index in [9.17, 15) is 0 Å². The van der Waals surface area contributed by atoms with E-state index in [-0.39, 0.29) is 0 Å². The minimum Gasteiger partial charge on any atom is -0.360 e. The lowest BCUT2D eigenvalue weighted by Gasteiger charge is -1.96. The topological polar surface area (TPSA) is 46.5 Å². The van der Waals surface area contributed by atoms with Crippen LogP contribution in [0.1, 0.15) is 5.69 Å². The Morgan fingerprint density at radius 3 is 3.00 bits per heavy atom. The Morgan fingerprint density at radius 1 is 1.31 bits per heavy atom. The van der Waals surface area contributed by atoms with Crippen molar-refractivity contribution in [3.63, 3.8) is 0 Å². The van der Waals surface area contributed by atoms with Gasteiger partial charge in [0.2, 0.25) is 0 Å². The van der Waals surface area contributed by atoms with Crippen molar-refractivity contribution < 1.29 is 0 Å². The first-order valence-electron chi connectivity index (χ1n) is 5.00. The van der Waals surface area contributed by atoms with Crippen molar-refractivity contribution >= 4 is 17.1 Å². The highest BCUT2D eigenvalue weighted by Crippen LogP contribution is 2.16. The largest absolute Gasteiger partial charge is 0.360 e. The summed E-state index contributed by atoms with van der Waals surface area (Å²) in [6, 6.07) is 9.85. The summed E-state index contributed by atoms with van der Waals surface area (Å²) in [6.45, 7) is 3.71. The Kier molecular flexibility index (Phi) is 1.86. The third kappa shape index (κ3) is 1.24. The fourth-order valence-electron chi connectivity index (χ4n) is 1.70. The minimum atomic E-state index is 0.892. The Balaban J connectivity index is 2.21. The summed E-state index contributed by atoms with van der Waals surface area (Å²) < 4.78 is 1.80. The van der Waals surface area contributed by atoms with Gasteiger partial charge in [-0.25, -0.2) is 4.68 Å². The number of benzene rings is 1. The van der Waals surface area contributed by atoms with Crippen LogP contribution in [0.2, 0.25) is 0 Å². The zero-order chi connectivity index (χ0) is 11.0. The molecule has 0 amide bonds. The number of hydrogen-bond donors (Lipinski definition) is 1. The van der Waals surface area contributed by atoms with Crippen molar-refractivity contribution in [2.24, 2.45) is 0 Å². The van der Waals surface area contributed by atoms with Crippen molar-refractivity contribution in [2.75, 3.05) is 0 Å². The van der Waals surface area contributed by atoms with Gasteiger partial charge in [0, 0.05) is 11.9 Å². The van der Waals surface area contributed by atoms with Crippen LogP contribution in [0.5, 0.6) is 0 Å². The molecule has 3 rings (SSSR count). The summed E-state index contributed by atoms with van der Waals surface area (Å²) in [5.41, 5.74) is 3.82. The van der Waals surface area contributed by atoms with Gasteiger partial charge in [0.25, 0.3) is 0 Å². The van der Waals surface area contributed by atoms with Crippen LogP contribution in [0.3, 0.4) is 0 Å². The van der Waals surface area contributed by atoms with E-state index < -0.39 is 0 Å². The Bertz CT molecular complexity index is 648. The Labute approximate surface area is 92.2 Å². The quantitative estimate of drug-likeness (QED) is 0.706. The predicted molar refractivity (Wildman–Crippen MR) is 63.3 cm³/mol. The van der Waals surface area contributed by atoms with E-state index in [0.29, 0.717) is 0 Å². The average molecular weight is 210 g/mol. The first kappa shape index (κ1) is 8.91. The van der Waals surface area contributed by atoms with Gasteiger partial charge in [-0.3, -0.25) is 0 Å². The van der Waals surface area contributed by atoms with Gasteiger partial charge in [0.05, 0.1) is 11.2 Å². The van der Waals surface area contributed by atoms with Crippen LogP contribution in [0.25, 0.3) is 22.8 Å². The fourth-order valence-corrected chi connectivity index (χ4v) is 1.70. The smallest absolute Gasteiger partial charge is 0.113 e. The lowest BCUT2D eigenvalue weighted by atomic mass is 10.3. The average Bonchev–Trinajstić information content (AvgIpc) is 2.94. The highest BCUT2D eigenvalue weighted by molar-refractivity contribution is 5.76. The molecule has 0 aliphatic carbocycles. The molecular formula is C12H10N4. The second kappa shape index (κ2) is 3.34. The van der Waals surface area contributed by atoms with Crippen LogP contribution in [-0.4, -0.2) is 20.0 Å². The standard InChI is InChI=1S/C12H10N4/c1-2-9-7-10(8-13-9)16-12-6-4-3-5-11(12)14-15-16/h2-8,13H,1H2. The molecule has 16 heavy (non-hydrogen) atoms. The zero-order valence-corrected chi connectivity index (χ0v) is 8.59. The SMILES string of the molecule is C=Cc1cc(-n2nnc3ccccc32)c[nH]1. The molecule has 1 aromatic carbocycles. The Morgan fingerprint density at radius 2 is 2.19 bits per heavy atom. The van der Waals surface area contributed by atoms with Gasteiger partial charge < -0.3 is 4.98 Å². The van der Waals surface area contributed by atoms with Crippen molar-refractivity contribution in [3.8, 4) is 5.69 Å². The number of nitrogens with zero attached hydrogens (tertiary/aromatic N) is 3. The van der Waals surface area contributed by atoms with Crippen LogP contribution in [0.4, 0.5) is 0 Å². The molecular weight excluding hydrogens is 200 g/mol. The second-order valence-corrected chi connectivity index (χ2v) is 3.51. The maximum Gasteiger partial charge on any atom is 0.113 e. The van der Waals surface area contributed by atoms with Crippen molar-refractivity contribution in [3.05, 3.63) is 48.8 Å². The molecule has 1 N–H and O–H groups in total. The first-order chi connectivity index (χ1) is 7.88. The van der Waals surface area contributed by atoms with Crippen molar-refractivity contribution in [1.29, 1.82) is 0 Å². The highest BCUT2D eigenvalue weighted by Gasteiger charge is 2.06. The van der Waals surface area contributed by atoms with Crippen molar-refractivity contribution in [2.45, 2.75) is 0 Å². The van der Waals surface area contributed by atoms with Gasteiger partial charge in [-0.05, 0) is 24.3 Å². The number of nitrogens with one attached hydrogen (secondary N) is 1. The van der Waals surface area contributed by atoms with E-state index in [2.05, 4.69) is 21.9 Å². The normalized spacial score (nSPS) is 10.8. The molecule has 2 heterocycles. The van der Waals surface area contributed by atoms with E-state index in [0.717, 1.165) is 22.4 Å². The molecule has 0 fully saturated rings. The number of para-hydroxylation sites is 1. The molecule has 0 atom stereocenters. The van der Waals surface area contributed by atoms with Gasteiger partial charge in [0.1, 0.15) is 5.52 Å². The number of fused-ring (bicyclic) bond motifs is 1. The van der Waals surface area contributed by atoms with Gasteiger partial charge in [0.15, 0.2) is 0 Å². The number of aromatic amines is 1. The maximum atomic E-state index is 4.13. The number of aromatic nitrogens is 4. The number of hydrogen-bond acceptors (Lipinski definition) is 2. The minimum absolute atomic E-state index is 0.892. The molecule has 0 saturated carbocycles. The van der Waals surface area contributed by atoms with E-state index in [1.54, 1.807) is 10.8 Å². The molecule has 0 aliphatic rings. The molecule has 3 aromatic rings. The lowest BCUT2D eigenvalue weighted by molar-refractivity contribution is 0.825. The van der Waals surface area contributed by atoms with E-state index >= 15 is 0 Å². The number of rotatable bonds is 2. The Hall–Kier alpha value is -2.36. The summed E-state index contributed by atoms with van der Waals surface area (Å²) in [5.74, 6) is 0. The van der Waals surface area contributed by atoms with Gasteiger partial charge in [-0.1, -0.05) is 23.9 Å². The van der Waals surface area contributed by atoms with Crippen LogP contribution >= 0.6 is 0 Å². The molecule has 78 valence electrons. The second-order valence-electron chi connectivity index (χ2n) is 3.51. The molecule has 0 saturated heterocycles.